The van der Waals surface area contributed by atoms with Crippen LogP contribution in [0.4, 0.5) is 0 Å². The Kier molecular flexibility index (Phi) is 18.5. The molecule has 0 N–H and O–H groups in total. The third-order valence-electron chi connectivity index (χ3n) is 5.00. The Bertz CT molecular complexity index is 695. The summed E-state index contributed by atoms with van der Waals surface area (Å²) in [7, 11) is 5.86. The lowest BCUT2D eigenvalue weighted by Gasteiger charge is -2.20. The van der Waals surface area contributed by atoms with E-state index in [-0.39, 0.29) is 5.91 Å². The Hall–Kier alpha value is -1.86. The fourth-order valence-corrected chi connectivity index (χ4v) is 3.74. The first-order chi connectivity index (χ1) is 15.9. The maximum atomic E-state index is 13.0. The second-order valence-electron chi connectivity index (χ2n) is 8.07. The first kappa shape index (κ1) is 31.1. The predicted octanol–water partition coefficient (Wildman–Crippen LogP) is 5.80. The molecule has 1 aliphatic heterocycles. The van der Waals surface area contributed by atoms with E-state index in [1.807, 2.05) is 19.1 Å². The molecule has 0 atom stereocenters. The van der Waals surface area contributed by atoms with E-state index in [0.29, 0.717) is 11.4 Å². The fourth-order valence-electron chi connectivity index (χ4n) is 2.80. The molecule has 0 aromatic heterocycles. The van der Waals surface area contributed by atoms with Crippen LogP contribution >= 0.6 is 11.8 Å². The number of carbonyl (C=O) groups is 1. The molecule has 0 radical (unpaired) electrons. The van der Waals surface area contributed by atoms with Crippen molar-refractivity contribution in [2.24, 2.45) is 9.98 Å². The molecule has 0 fully saturated rings. The van der Waals surface area contributed by atoms with Gasteiger partial charge in [0.05, 0.1) is 11.2 Å². The Balaban J connectivity index is 0.00000184. The van der Waals surface area contributed by atoms with Crippen LogP contribution in [0.5, 0.6) is 0 Å². The van der Waals surface area contributed by atoms with Gasteiger partial charge in [-0.2, -0.15) is 0 Å². The first-order valence-electron chi connectivity index (χ1n) is 12.3. The quantitative estimate of drug-likeness (QED) is 0.248. The number of nitrogens with zero attached hydrogens (tertiary/aromatic N) is 5. The Morgan fingerprint density at radius 2 is 1.70 bits per heavy atom. The van der Waals surface area contributed by atoms with Crippen LogP contribution < -0.4 is 0 Å². The van der Waals surface area contributed by atoms with Crippen molar-refractivity contribution in [3.05, 3.63) is 35.0 Å². The minimum atomic E-state index is -0.0194. The minimum Gasteiger partial charge on any atom is -0.379 e. The molecule has 6 nitrogen and oxygen atoms in total. The summed E-state index contributed by atoms with van der Waals surface area (Å²) in [6, 6.07) is 0. The topological polar surface area (TPSA) is 51.5 Å². The van der Waals surface area contributed by atoms with E-state index in [9.17, 15) is 4.79 Å². The van der Waals surface area contributed by atoms with Crippen LogP contribution in [0.25, 0.3) is 0 Å². The molecule has 0 saturated heterocycles. The zero-order valence-electron chi connectivity index (χ0n) is 22.3. The van der Waals surface area contributed by atoms with E-state index in [1.165, 1.54) is 31.0 Å². The summed E-state index contributed by atoms with van der Waals surface area (Å²) in [6.45, 7) is 14.2. The summed E-state index contributed by atoms with van der Waals surface area (Å²) in [5, 5.41) is 0.848. The van der Waals surface area contributed by atoms with E-state index >= 15 is 0 Å². The zero-order valence-corrected chi connectivity index (χ0v) is 23.1. The molecule has 0 aromatic carbocycles. The maximum absolute atomic E-state index is 13.0. The normalized spacial score (nSPS) is 16.1. The molecular weight excluding hydrogens is 430 g/mol. The minimum absolute atomic E-state index is 0.0194. The van der Waals surface area contributed by atoms with Crippen molar-refractivity contribution in [3.63, 3.8) is 0 Å². The number of unbranched alkanes of at least 4 members (excludes halogenated alkanes) is 3. The third-order valence-corrected chi connectivity index (χ3v) is 6.05. The molecule has 1 amide bonds. The van der Waals surface area contributed by atoms with Gasteiger partial charge in [-0.05, 0) is 33.0 Å². The van der Waals surface area contributed by atoms with Crippen molar-refractivity contribution in [3.8, 4) is 0 Å². The summed E-state index contributed by atoms with van der Waals surface area (Å²) in [5.41, 5.74) is 0.969. The largest absolute Gasteiger partial charge is 0.379 e. The smallest absolute Gasteiger partial charge is 0.265 e. The number of rotatable bonds is 13. The standard InChI is InChI=1S/C21H35N5OS.C5H12/c1-7-10-12-26(17-22-4)21(27)19-15-18(20(28-19)23-11-8-2)16-25(6)14-13-24(5)9-3;1-3-5-4-2/h8,11,15-17H,7,9-10,12-14H2,1-6H3;3-5H2,1-2H3/b11-8-,18-16+,22-17?,23-20-;. The number of amides is 1. The van der Waals surface area contributed by atoms with Crippen LogP contribution in [0, 0.1) is 0 Å². The second kappa shape index (κ2) is 19.6. The van der Waals surface area contributed by atoms with Gasteiger partial charge in [-0.15, -0.1) is 0 Å². The van der Waals surface area contributed by atoms with E-state index in [4.69, 9.17) is 0 Å². The summed E-state index contributed by atoms with van der Waals surface area (Å²) in [4.78, 5) is 28.3. The van der Waals surface area contributed by atoms with Crippen LogP contribution in [0.3, 0.4) is 0 Å². The fraction of sp³-hybridized carbons (Fsp3) is 0.654. The summed E-state index contributed by atoms with van der Waals surface area (Å²) in [6.07, 6.45) is 15.4. The van der Waals surface area contributed by atoms with Gasteiger partial charge in [0.25, 0.3) is 5.91 Å². The van der Waals surface area contributed by atoms with Crippen LogP contribution in [0.15, 0.2) is 45.0 Å². The van der Waals surface area contributed by atoms with Crippen LogP contribution in [-0.4, -0.2) is 79.3 Å². The summed E-state index contributed by atoms with van der Waals surface area (Å²) >= 11 is 1.43. The highest BCUT2D eigenvalue weighted by molar-refractivity contribution is 8.18. The highest BCUT2D eigenvalue weighted by Gasteiger charge is 2.26. The molecule has 0 aromatic rings. The van der Waals surface area contributed by atoms with Crippen LogP contribution in [-0.2, 0) is 4.79 Å². The molecule has 0 saturated carbocycles. The van der Waals surface area contributed by atoms with Crippen molar-refractivity contribution in [1.29, 1.82) is 0 Å². The Labute approximate surface area is 207 Å². The average molecular weight is 478 g/mol. The molecular formula is C26H47N5OS. The van der Waals surface area contributed by atoms with Gasteiger partial charge in [0.15, 0.2) is 0 Å². The lowest BCUT2D eigenvalue weighted by atomic mass is 10.2. The van der Waals surface area contributed by atoms with Gasteiger partial charge in [-0.3, -0.25) is 14.7 Å². The molecule has 188 valence electrons. The number of allylic oxidation sites excluding steroid dienone is 2. The number of carbonyl (C=O) groups excluding carboxylic acids is 1. The number of likely N-dealkylation sites (N-methyl/N-ethyl adjacent to an activating group) is 2. The Morgan fingerprint density at radius 1 is 1.03 bits per heavy atom. The summed E-state index contributed by atoms with van der Waals surface area (Å²) in [5.74, 6) is -0.0194. The van der Waals surface area contributed by atoms with Crippen molar-refractivity contribution in [2.45, 2.75) is 66.7 Å². The molecule has 1 rings (SSSR count). The van der Waals surface area contributed by atoms with Gasteiger partial charge in [-0.1, -0.05) is 71.2 Å². The molecule has 0 bridgehead atoms. The monoisotopic (exact) mass is 477 g/mol. The van der Waals surface area contributed by atoms with Gasteiger partial charge < -0.3 is 9.80 Å². The first-order valence-corrected chi connectivity index (χ1v) is 13.1. The van der Waals surface area contributed by atoms with E-state index in [0.717, 1.165) is 43.1 Å². The van der Waals surface area contributed by atoms with Gasteiger partial charge in [0.1, 0.15) is 5.04 Å². The number of hydrogen-bond donors (Lipinski definition) is 0. The Morgan fingerprint density at radius 3 is 2.21 bits per heavy atom. The van der Waals surface area contributed by atoms with Crippen molar-refractivity contribution >= 4 is 29.1 Å². The van der Waals surface area contributed by atoms with Gasteiger partial charge in [-0.25, -0.2) is 4.99 Å². The van der Waals surface area contributed by atoms with Crippen molar-refractivity contribution in [1.82, 2.24) is 14.7 Å². The molecule has 33 heavy (non-hydrogen) atoms. The van der Waals surface area contributed by atoms with Crippen LogP contribution in [0.2, 0.25) is 0 Å². The number of hydrogen-bond acceptors (Lipinski definition) is 6. The van der Waals surface area contributed by atoms with E-state index < -0.39 is 0 Å². The molecule has 1 heterocycles. The molecule has 1 aliphatic rings. The molecule has 0 spiro atoms. The maximum Gasteiger partial charge on any atom is 0.265 e. The zero-order chi connectivity index (χ0) is 25.1. The molecule has 7 heteroatoms. The molecule has 0 aliphatic carbocycles. The van der Waals surface area contributed by atoms with Crippen LogP contribution in [0.1, 0.15) is 66.7 Å². The SMILES string of the molecule is CCCCC.C\C=C/N=C1\SC(C(=O)N(C=NC)CCCC)=C\C1=C/N(C)CCN(C)CC. The highest BCUT2D eigenvalue weighted by atomic mass is 32.2. The number of aliphatic imine (C=N–C) groups is 2. The van der Waals surface area contributed by atoms with Crippen molar-refractivity contribution in [2.75, 3.05) is 47.3 Å². The average Bonchev–Trinajstić information content (AvgIpc) is 3.21. The van der Waals surface area contributed by atoms with Gasteiger partial charge in [0.2, 0.25) is 0 Å². The third kappa shape index (κ3) is 13.4. The number of thioether (sulfide) groups is 1. The van der Waals surface area contributed by atoms with Gasteiger partial charge in [0, 0.05) is 51.7 Å². The van der Waals surface area contributed by atoms with Gasteiger partial charge >= 0.3 is 0 Å². The van der Waals surface area contributed by atoms with Crippen molar-refractivity contribution < 1.29 is 4.79 Å². The summed E-state index contributed by atoms with van der Waals surface area (Å²) < 4.78 is 0. The lowest BCUT2D eigenvalue weighted by Crippen LogP contribution is -2.31. The predicted molar refractivity (Wildman–Crippen MR) is 148 cm³/mol. The second-order valence-corrected chi connectivity index (χ2v) is 9.10. The molecule has 0 unspecified atom stereocenters. The van der Waals surface area contributed by atoms with E-state index in [2.05, 4.69) is 67.8 Å². The highest BCUT2D eigenvalue weighted by Crippen LogP contribution is 2.33. The van der Waals surface area contributed by atoms with E-state index in [1.54, 1.807) is 24.5 Å². The lowest BCUT2D eigenvalue weighted by molar-refractivity contribution is -0.122.